The van der Waals surface area contributed by atoms with E-state index in [1.165, 1.54) is 12.1 Å². The highest BCUT2D eigenvalue weighted by Crippen LogP contribution is 2.31. The molecule has 1 heterocycles. The molecule has 0 saturated heterocycles. The van der Waals surface area contributed by atoms with Crippen LogP contribution in [-0.4, -0.2) is 25.5 Å². The predicted molar refractivity (Wildman–Crippen MR) is 125 cm³/mol. The Morgan fingerprint density at radius 3 is 2.33 bits per heavy atom. The molecule has 0 aliphatic rings. The number of amides is 1. The van der Waals surface area contributed by atoms with Crippen molar-refractivity contribution in [3.63, 3.8) is 0 Å². The monoisotopic (exact) mass is 473 g/mol. The van der Waals surface area contributed by atoms with Gasteiger partial charge in [0.05, 0.1) is 11.7 Å². The van der Waals surface area contributed by atoms with Crippen molar-refractivity contribution in [2.24, 2.45) is 0 Å². The van der Waals surface area contributed by atoms with Gasteiger partial charge in [0.15, 0.2) is 0 Å². The average molecular weight is 474 g/mol. The van der Waals surface area contributed by atoms with Crippen LogP contribution in [0.3, 0.4) is 0 Å². The lowest BCUT2D eigenvalue weighted by molar-refractivity contribution is 0.209. The van der Waals surface area contributed by atoms with Crippen LogP contribution in [0.4, 0.5) is 19.3 Å². The summed E-state index contributed by atoms with van der Waals surface area (Å²) in [5.41, 5.74) is 2.84. The molecule has 0 bridgehead atoms. The highest BCUT2D eigenvalue weighted by Gasteiger charge is 2.31. The Balaban J connectivity index is 2.02. The third-order valence-corrected chi connectivity index (χ3v) is 6.39. The molecule has 3 rings (SSSR count). The van der Waals surface area contributed by atoms with Gasteiger partial charge >= 0.3 is 6.09 Å². The fraction of sp³-hybridized carbons (Fsp3) is 0.250. The number of nitrogens with one attached hydrogen (secondary N) is 2. The number of anilines is 1. The van der Waals surface area contributed by atoms with Gasteiger partial charge in [-0.2, -0.15) is 0 Å². The van der Waals surface area contributed by atoms with E-state index in [9.17, 15) is 18.1 Å². The summed E-state index contributed by atoms with van der Waals surface area (Å²) in [4.78, 5) is 15.4. The minimum absolute atomic E-state index is 0.152. The van der Waals surface area contributed by atoms with Crippen LogP contribution in [0.15, 0.2) is 60.8 Å². The van der Waals surface area contributed by atoms with Crippen LogP contribution < -0.4 is 10.0 Å². The summed E-state index contributed by atoms with van der Waals surface area (Å²) in [5, 5.41) is 11.2. The van der Waals surface area contributed by atoms with Gasteiger partial charge in [-0.25, -0.2) is 13.6 Å². The third-order valence-electron chi connectivity index (χ3n) is 4.78. The van der Waals surface area contributed by atoms with Gasteiger partial charge in [-0.15, -0.1) is 4.72 Å². The molecule has 0 aliphatic carbocycles. The van der Waals surface area contributed by atoms with E-state index in [2.05, 4.69) is 15.0 Å². The number of aromatic nitrogens is 1. The maximum atomic E-state index is 13.8. The van der Waals surface area contributed by atoms with Crippen LogP contribution >= 0.6 is 0 Å². The second-order valence-electron chi connectivity index (χ2n) is 8.48. The zero-order valence-corrected chi connectivity index (χ0v) is 19.2. The molecule has 3 N–H and O–H groups in total. The van der Waals surface area contributed by atoms with E-state index in [0.29, 0.717) is 16.9 Å². The molecule has 33 heavy (non-hydrogen) atoms. The molecule has 2 aromatic carbocycles. The van der Waals surface area contributed by atoms with Crippen molar-refractivity contribution in [2.45, 2.75) is 38.0 Å². The average Bonchev–Trinajstić information content (AvgIpc) is 2.72. The molecule has 0 saturated carbocycles. The maximum Gasteiger partial charge on any atom is 0.409 e. The van der Waals surface area contributed by atoms with Gasteiger partial charge < -0.3 is 9.66 Å². The molecule has 2 atom stereocenters. The summed E-state index contributed by atoms with van der Waals surface area (Å²) < 4.78 is 43.1. The van der Waals surface area contributed by atoms with Crippen molar-refractivity contribution in [1.29, 1.82) is 0 Å². The second-order valence-corrected chi connectivity index (χ2v) is 10.5. The number of benzene rings is 2. The lowest BCUT2D eigenvalue weighted by Gasteiger charge is -2.28. The minimum Gasteiger partial charge on any atom is -0.598 e. The Kier molecular flexibility index (Phi) is 7.68. The number of carbonyl (C=O) groups is 1. The lowest BCUT2D eigenvalue weighted by Crippen LogP contribution is -2.42. The first-order valence-electron chi connectivity index (χ1n) is 10.2. The van der Waals surface area contributed by atoms with Gasteiger partial charge in [0, 0.05) is 34.9 Å². The molecule has 6 nitrogen and oxygen atoms in total. The predicted octanol–water partition coefficient (Wildman–Crippen LogP) is 5.45. The smallest absolute Gasteiger partial charge is 0.409 e. The number of nitrogens with zero attached hydrogens (tertiary/aromatic N) is 1. The summed E-state index contributed by atoms with van der Waals surface area (Å²) in [7, 11) is 0. The van der Waals surface area contributed by atoms with Gasteiger partial charge in [0.2, 0.25) is 0 Å². The summed E-state index contributed by atoms with van der Waals surface area (Å²) >= 11 is -1.48. The lowest BCUT2D eigenvalue weighted by atomic mass is 9.96. The molecule has 1 aromatic heterocycles. The highest BCUT2D eigenvalue weighted by atomic mass is 32.2. The van der Waals surface area contributed by atoms with Crippen LogP contribution in [0.25, 0.3) is 11.1 Å². The van der Waals surface area contributed by atoms with Crippen LogP contribution in [0.5, 0.6) is 0 Å². The van der Waals surface area contributed by atoms with Gasteiger partial charge in [-0.1, -0.05) is 18.2 Å². The van der Waals surface area contributed by atoms with Crippen LogP contribution in [0, 0.1) is 11.6 Å². The van der Waals surface area contributed by atoms with Gasteiger partial charge in [-0.3, -0.25) is 10.3 Å². The van der Waals surface area contributed by atoms with E-state index in [-0.39, 0.29) is 6.42 Å². The van der Waals surface area contributed by atoms with Crippen molar-refractivity contribution in [3.8, 4) is 11.1 Å². The molecule has 1 amide bonds. The van der Waals surface area contributed by atoms with Crippen molar-refractivity contribution in [2.75, 3.05) is 5.32 Å². The molecule has 3 aromatic rings. The Bertz CT molecular complexity index is 1100. The Morgan fingerprint density at radius 2 is 1.76 bits per heavy atom. The number of pyridine rings is 1. The molecular weight excluding hydrogens is 448 g/mol. The van der Waals surface area contributed by atoms with Crippen molar-refractivity contribution in [3.05, 3.63) is 83.7 Å². The number of hydrogen-bond acceptors (Lipinski definition) is 4. The molecule has 9 heteroatoms. The minimum atomic E-state index is -1.48. The van der Waals surface area contributed by atoms with Crippen molar-refractivity contribution in [1.82, 2.24) is 9.71 Å². The fourth-order valence-corrected chi connectivity index (χ4v) is 4.07. The first-order chi connectivity index (χ1) is 15.5. The number of halogens is 2. The molecule has 0 fully saturated rings. The number of rotatable bonds is 7. The Hall–Kier alpha value is -3.01. The summed E-state index contributed by atoms with van der Waals surface area (Å²) in [5.74, 6) is -1.38. The van der Waals surface area contributed by atoms with Crippen molar-refractivity contribution < 1.29 is 23.2 Å². The standard InChI is InChI=1S/C24H25F2N3O3S/c1-24(2,3)33(32)29-21(13-15-11-17(25)14-18(26)12-15)22-20(5-4-10-27-22)16-6-8-19(9-7-16)28-23(30)31/h4-12,14,21,28-29H,13H2,1-3H3,(H,30,31)/t21-,33?/m0/s1. The number of hydrogen-bond donors (Lipinski definition) is 3. The van der Waals surface area contributed by atoms with Crippen LogP contribution in [0.2, 0.25) is 0 Å². The quantitative estimate of drug-likeness (QED) is 0.396. The van der Waals surface area contributed by atoms with Crippen LogP contribution in [-0.2, 0) is 17.8 Å². The molecule has 1 unspecified atom stereocenters. The van der Waals surface area contributed by atoms with E-state index >= 15 is 0 Å². The summed E-state index contributed by atoms with van der Waals surface area (Å²) in [6.45, 7) is 5.47. The second kappa shape index (κ2) is 10.3. The van der Waals surface area contributed by atoms with E-state index in [1.54, 1.807) is 36.5 Å². The fourth-order valence-electron chi connectivity index (χ4n) is 3.26. The van der Waals surface area contributed by atoms with E-state index < -0.39 is 39.9 Å². The zero-order valence-electron chi connectivity index (χ0n) is 18.4. The first kappa shape index (κ1) is 24.6. The van der Waals surface area contributed by atoms with E-state index in [0.717, 1.165) is 17.2 Å². The van der Waals surface area contributed by atoms with E-state index in [4.69, 9.17) is 5.11 Å². The topological polar surface area (TPSA) is 97.3 Å². The van der Waals surface area contributed by atoms with Crippen LogP contribution in [0.1, 0.15) is 38.1 Å². The maximum absolute atomic E-state index is 13.8. The van der Waals surface area contributed by atoms with Crippen molar-refractivity contribution >= 4 is 23.1 Å². The van der Waals surface area contributed by atoms with Gasteiger partial charge in [0.1, 0.15) is 16.4 Å². The first-order valence-corrected chi connectivity index (χ1v) is 11.4. The van der Waals surface area contributed by atoms with Gasteiger partial charge in [0.25, 0.3) is 0 Å². The Labute approximate surface area is 194 Å². The summed E-state index contributed by atoms with van der Waals surface area (Å²) in [6.07, 6.45) is 0.584. The molecular formula is C24H25F2N3O3S. The third kappa shape index (κ3) is 6.74. The largest absolute Gasteiger partial charge is 0.598 e. The SMILES string of the molecule is CC(C)(C)[S+]([O-])N[C@@H](Cc1cc(F)cc(F)c1)c1ncccc1-c1ccc(NC(=O)O)cc1. The van der Waals surface area contributed by atoms with E-state index in [1.807, 2.05) is 26.8 Å². The number of carboxylic acid groups (broad SMARTS) is 1. The Morgan fingerprint density at radius 1 is 1.12 bits per heavy atom. The normalized spacial score (nSPS) is 13.4. The van der Waals surface area contributed by atoms with Gasteiger partial charge in [-0.05, 0) is 68.7 Å². The zero-order chi connectivity index (χ0) is 24.2. The molecule has 174 valence electrons. The molecule has 0 aliphatic heterocycles. The molecule has 0 radical (unpaired) electrons. The molecule has 0 spiro atoms. The summed E-state index contributed by atoms with van der Waals surface area (Å²) in [6, 6.07) is 13.0. The highest BCUT2D eigenvalue weighted by molar-refractivity contribution is 7.90.